The number of amides is 1. The van der Waals surface area contributed by atoms with E-state index in [0.29, 0.717) is 11.4 Å². The highest BCUT2D eigenvalue weighted by atomic mass is 19.1. The molecule has 92 valence electrons. The van der Waals surface area contributed by atoms with Crippen LogP contribution in [0.2, 0.25) is 0 Å². The summed E-state index contributed by atoms with van der Waals surface area (Å²) in [5.74, 6) is 0.125. The SMILES string of the molecule is COc1ccc(F)cc1NC(=O)C1CCCC1. The van der Waals surface area contributed by atoms with Gasteiger partial charge >= 0.3 is 0 Å². The Morgan fingerprint density at radius 3 is 2.76 bits per heavy atom. The predicted molar refractivity (Wildman–Crippen MR) is 63.5 cm³/mol. The maximum absolute atomic E-state index is 13.1. The minimum absolute atomic E-state index is 0.0357. The minimum atomic E-state index is -0.382. The van der Waals surface area contributed by atoms with Crippen molar-refractivity contribution >= 4 is 11.6 Å². The van der Waals surface area contributed by atoms with Gasteiger partial charge in [0, 0.05) is 12.0 Å². The first-order valence-corrected chi connectivity index (χ1v) is 5.85. The monoisotopic (exact) mass is 237 g/mol. The summed E-state index contributed by atoms with van der Waals surface area (Å²) in [7, 11) is 1.50. The Kier molecular flexibility index (Phi) is 3.61. The van der Waals surface area contributed by atoms with E-state index in [1.165, 1.54) is 25.3 Å². The molecule has 17 heavy (non-hydrogen) atoms. The zero-order chi connectivity index (χ0) is 12.3. The van der Waals surface area contributed by atoms with Crippen molar-refractivity contribution in [1.82, 2.24) is 0 Å². The number of ether oxygens (including phenoxy) is 1. The molecule has 0 aliphatic heterocycles. The van der Waals surface area contributed by atoms with E-state index in [1.807, 2.05) is 0 Å². The van der Waals surface area contributed by atoms with Crippen molar-refractivity contribution in [2.24, 2.45) is 5.92 Å². The van der Waals surface area contributed by atoms with E-state index in [-0.39, 0.29) is 17.6 Å². The van der Waals surface area contributed by atoms with E-state index in [4.69, 9.17) is 4.74 Å². The van der Waals surface area contributed by atoms with Gasteiger partial charge in [-0.3, -0.25) is 4.79 Å². The van der Waals surface area contributed by atoms with Gasteiger partial charge in [0.2, 0.25) is 5.91 Å². The lowest BCUT2D eigenvalue weighted by Gasteiger charge is -2.13. The number of hydrogen-bond acceptors (Lipinski definition) is 2. The van der Waals surface area contributed by atoms with Gasteiger partial charge < -0.3 is 10.1 Å². The van der Waals surface area contributed by atoms with Crippen molar-refractivity contribution in [3.63, 3.8) is 0 Å². The Morgan fingerprint density at radius 2 is 2.12 bits per heavy atom. The van der Waals surface area contributed by atoms with Gasteiger partial charge in [-0.05, 0) is 25.0 Å². The van der Waals surface area contributed by atoms with Gasteiger partial charge in [-0.1, -0.05) is 12.8 Å². The number of hydrogen-bond donors (Lipinski definition) is 1. The Balaban J connectivity index is 2.11. The first kappa shape index (κ1) is 11.9. The third-order valence-corrected chi connectivity index (χ3v) is 3.15. The van der Waals surface area contributed by atoms with Crippen LogP contribution in [0.4, 0.5) is 10.1 Å². The molecule has 1 aromatic rings. The van der Waals surface area contributed by atoms with Crippen LogP contribution in [-0.4, -0.2) is 13.0 Å². The van der Waals surface area contributed by atoms with Gasteiger partial charge in [0.15, 0.2) is 0 Å². The van der Waals surface area contributed by atoms with E-state index >= 15 is 0 Å². The first-order chi connectivity index (χ1) is 8.20. The highest BCUT2D eigenvalue weighted by Gasteiger charge is 2.23. The average molecular weight is 237 g/mol. The fourth-order valence-electron chi connectivity index (χ4n) is 2.20. The lowest BCUT2D eigenvalue weighted by Crippen LogP contribution is -2.20. The number of anilines is 1. The smallest absolute Gasteiger partial charge is 0.227 e. The molecule has 1 aliphatic rings. The maximum atomic E-state index is 13.1. The number of nitrogens with one attached hydrogen (secondary N) is 1. The first-order valence-electron chi connectivity index (χ1n) is 5.85. The molecular formula is C13H16FNO2. The lowest BCUT2D eigenvalue weighted by molar-refractivity contribution is -0.119. The predicted octanol–water partition coefficient (Wildman–Crippen LogP) is 2.96. The van der Waals surface area contributed by atoms with Gasteiger partial charge in [-0.2, -0.15) is 0 Å². The molecule has 1 amide bonds. The third kappa shape index (κ3) is 2.75. The molecular weight excluding hydrogens is 221 g/mol. The fourth-order valence-corrected chi connectivity index (χ4v) is 2.20. The summed E-state index contributed by atoms with van der Waals surface area (Å²) in [6.07, 6.45) is 4.03. The van der Waals surface area contributed by atoms with Crippen molar-refractivity contribution in [1.29, 1.82) is 0 Å². The maximum Gasteiger partial charge on any atom is 0.227 e. The number of rotatable bonds is 3. The molecule has 0 aromatic heterocycles. The molecule has 0 spiro atoms. The fraction of sp³-hybridized carbons (Fsp3) is 0.462. The molecule has 0 atom stereocenters. The number of methoxy groups -OCH3 is 1. The Hall–Kier alpha value is -1.58. The standard InChI is InChI=1S/C13H16FNO2/c1-17-12-7-6-10(14)8-11(12)15-13(16)9-4-2-3-5-9/h6-9H,2-5H2,1H3,(H,15,16). The van der Waals surface area contributed by atoms with E-state index in [2.05, 4.69) is 5.32 Å². The molecule has 1 saturated carbocycles. The zero-order valence-electron chi connectivity index (χ0n) is 9.83. The van der Waals surface area contributed by atoms with E-state index < -0.39 is 0 Å². The van der Waals surface area contributed by atoms with Crippen LogP contribution in [-0.2, 0) is 4.79 Å². The second-order valence-electron chi connectivity index (χ2n) is 4.32. The summed E-state index contributed by atoms with van der Waals surface area (Å²) in [4.78, 5) is 11.9. The van der Waals surface area contributed by atoms with Crippen molar-refractivity contribution in [3.8, 4) is 5.75 Å². The van der Waals surface area contributed by atoms with Crippen LogP contribution in [0.5, 0.6) is 5.75 Å². The van der Waals surface area contributed by atoms with Crippen LogP contribution < -0.4 is 10.1 Å². The summed E-state index contributed by atoms with van der Waals surface area (Å²) in [5, 5.41) is 2.74. The summed E-state index contributed by atoms with van der Waals surface area (Å²) in [5.41, 5.74) is 0.407. The normalized spacial score (nSPS) is 15.9. The van der Waals surface area contributed by atoms with Gasteiger partial charge in [0.25, 0.3) is 0 Å². The van der Waals surface area contributed by atoms with Crippen molar-refractivity contribution in [3.05, 3.63) is 24.0 Å². The summed E-state index contributed by atoms with van der Waals surface area (Å²) < 4.78 is 18.2. The molecule has 0 bridgehead atoms. The van der Waals surface area contributed by atoms with Crippen molar-refractivity contribution < 1.29 is 13.9 Å². The van der Waals surface area contributed by atoms with Crippen LogP contribution in [0.25, 0.3) is 0 Å². The van der Waals surface area contributed by atoms with Gasteiger partial charge in [-0.15, -0.1) is 0 Å². The van der Waals surface area contributed by atoms with Crippen molar-refractivity contribution in [2.75, 3.05) is 12.4 Å². The number of benzene rings is 1. The van der Waals surface area contributed by atoms with Crippen LogP contribution in [0.3, 0.4) is 0 Å². The van der Waals surface area contributed by atoms with Gasteiger partial charge in [-0.25, -0.2) is 4.39 Å². The van der Waals surface area contributed by atoms with Crippen LogP contribution in [0.1, 0.15) is 25.7 Å². The summed E-state index contributed by atoms with van der Waals surface area (Å²) >= 11 is 0. The quantitative estimate of drug-likeness (QED) is 0.877. The molecule has 0 saturated heterocycles. The average Bonchev–Trinajstić information content (AvgIpc) is 2.83. The van der Waals surface area contributed by atoms with Crippen LogP contribution >= 0.6 is 0 Å². The molecule has 4 heteroatoms. The minimum Gasteiger partial charge on any atom is -0.495 e. The highest BCUT2D eigenvalue weighted by Crippen LogP contribution is 2.29. The molecule has 2 rings (SSSR count). The van der Waals surface area contributed by atoms with E-state index in [0.717, 1.165) is 25.7 Å². The topological polar surface area (TPSA) is 38.3 Å². The molecule has 0 unspecified atom stereocenters. The Labute approximate surface area is 100.0 Å². The molecule has 1 fully saturated rings. The second kappa shape index (κ2) is 5.17. The van der Waals surface area contributed by atoms with Gasteiger partial charge in [0.1, 0.15) is 11.6 Å². The molecule has 1 aliphatic carbocycles. The lowest BCUT2D eigenvalue weighted by atomic mass is 10.1. The van der Waals surface area contributed by atoms with E-state index in [9.17, 15) is 9.18 Å². The Bertz CT molecular complexity index is 414. The number of carbonyl (C=O) groups is 1. The highest BCUT2D eigenvalue weighted by molar-refractivity contribution is 5.94. The molecule has 0 heterocycles. The summed E-state index contributed by atoms with van der Waals surface area (Å²) in [6.45, 7) is 0. The van der Waals surface area contributed by atoms with Gasteiger partial charge in [0.05, 0.1) is 12.8 Å². The Morgan fingerprint density at radius 1 is 1.41 bits per heavy atom. The van der Waals surface area contributed by atoms with Crippen LogP contribution in [0, 0.1) is 11.7 Å². The summed E-state index contributed by atoms with van der Waals surface area (Å²) in [6, 6.07) is 4.11. The second-order valence-corrected chi connectivity index (χ2v) is 4.32. The third-order valence-electron chi connectivity index (χ3n) is 3.15. The molecule has 1 N–H and O–H groups in total. The molecule has 3 nitrogen and oxygen atoms in total. The van der Waals surface area contributed by atoms with Crippen LogP contribution in [0.15, 0.2) is 18.2 Å². The number of halogens is 1. The largest absolute Gasteiger partial charge is 0.495 e. The molecule has 1 aromatic carbocycles. The van der Waals surface area contributed by atoms with E-state index in [1.54, 1.807) is 0 Å². The number of carbonyl (C=O) groups excluding carboxylic acids is 1. The zero-order valence-corrected chi connectivity index (χ0v) is 9.83. The molecule has 0 radical (unpaired) electrons. The van der Waals surface area contributed by atoms with Crippen molar-refractivity contribution in [2.45, 2.75) is 25.7 Å².